The third-order valence-electron chi connectivity index (χ3n) is 5.55. The summed E-state index contributed by atoms with van der Waals surface area (Å²) in [5.41, 5.74) is 1.30. The van der Waals surface area contributed by atoms with E-state index in [4.69, 9.17) is 9.47 Å². The Bertz CT molecular complexity index is 1040. The third kappa shape index (κ3) is 2.79. The SMILES string of the molecule is O=C(CN1C(=O)N[C@@]2(CCc3ccccc32)C1=O)Nc1ccc2c(c1)OCCO2. The second-order valence-electron chi connectivity index (χ2n) is 7.29. The van der Waals surface area contributed by atoms with Gasteiger partial charge in [0.05, 0.1) is 0 Å². The number of hydrogen-bond acceptors (Lipinski definition) is 5. The predicted molar refractivity (Wildman–Crippen MR) is 103 cm³/mol. The van der Waals surface area contributed by atoms with Crippen LogP contribution in [0.2, 0.25) is 0 Å². The number of fused-ring (bicyclic) bond motifs is 3. The number of nitrogens with zero attached hydrogens (tertiary/aromatic N) is 1. The summed E-state index contributed by atoms with van der Waals surface area (Å²) in [6, 6.07) is 12.1. The van der Waals surface area contributed by atoms with Crippen molar-refractivity contribution in [2.75, 3.05) is 25.1 Å². The van der Waals surface area contributed by atoms with Crippen LogP contribution in [0.15, 0.2) is 42.5 Å². The lowest BCUT2D eigenvalue weighted by Crippen LogP contribution is -2.43. The summed E-state index contributed by atoms with van der Waals surface area (Å²) in [5, 5.41) is 5.53. The molecule has 8 nitrogen and oxygen atoms in total. The zero-order valence-electron chi connectivity index (χ0n) is 15.6. The topological polar surface area (TPSA) is 97.0 Å². The van der Waals surface area contributed by atoms with E-state index in [-0.39, 0.29) is 12.5 Å². The Morgan fingerprint density at radius 2 is 1.90 bits per heavy atom. The highest BCUT2D eigenvalue weighted by Gasteiger charge is 2.55. The molecule has 4 amide bonds. The van der Waals surface area contributed by atoms with Gasteiger partial charge in [0.15, 0.2) is 11.5 Å². The van der Waals surface area contributed by atoms with E-state index < -0.39 is 17.5 Å². The van der Waals surface area contributed by atoms with Crippen LogP contribution in [-0.2, 0) is 21.5 Å². The standard InChI is InChI=1S/C21H19N3O5/c25-18(22-14-5-6-16-17(11-14)29-10-9-28-16)12-24-19(26)21(23-20(24)27)8-7-13-3-1-2-4-15(13)21/h1-6,11H,7-10,12H2,(H,22,25)(H,23,27)/t21-/m1/s1. The Balaban J connectivity index is 1.31. The van der Waals surface area contributed by atoms with Crippen LogP contribution < -0.4 is 20.1 Å². The number of carbonyl (C=O) groups is 3. The molecule has 0 aromatic heterocycles. The summed E-state index contributed by atoms with van der Waals surface area (Å²) in [4.78, 5) is 39.1. The van der Waals surface area contributed by atoms with E-state index >= 15 is 0 Å². The van der Waals surface area contributed by atoms with Crippen molar-refractivity contribution < 1.29 is 23.9 Å². The van der Waals surface area contributed by atoms with Crippen molar-refractivity contribution in [3.05, 3.63) is 53.6 Å². The number of rotatable bonds is 3. The highest BCUT2D eigenvalue weighted by Crippen LogP contribution is 2.41. The number of imide groups is 1. The Morgan fingerprint density at radius 3 is 2.76 bits per heavy atom. The van der Waals surface area contributed by atoms with E-state index in [9.17, 15) is 14.4 Å². The number of nitrogens with one attached hydrogen (secondary N) is 2. The molecule has 0 radical (unpaired) electrons. The lowest BCUT2D eigenvalue weighted by Gasteiger charge is -2.22. The molecule has 1 aliphatic carbocycles. The second kappa shape index (κ2) is 6.51. The summed E-state index contributed by atoms with van der Waals surface area (Å²) in [6.07, 6.45) is 1.20. The molecule has 3 aliphatic rings. The maximum absolute atomic E-state index is 13.1. The maximum atomic E-state index is 13.1. The van der Waals surface area contributed by atoms with Crippen LogP contribution in [0.25, 0.3) is 0 Å². The molecule has 2 heterocycles. The quantitative estimate of drug-likeness (QED) is 0.775. The average Bonchev–Trinajstić information content (AvgIpc) is 3.21. The van der Waals surface area contributed by atoms with Crippen molar-refractivity contribution in [1.82, 2.24) is 10.2 Å². The van der Waals surface area contributed by atoms with Crippen molar-refractivity contribution in [2.45, 2.75) is 18.4 Å². The summed E-state index contributed by atoms with van der Waals surface area (Å²) in [6.45, 7) is 0.565. The number of ether oxygens (including phenoxy) is 2. The molecular weight excluding hydrogens is 374 g/mol. The van der Waals surface area contributed by atoms with Gasteiger partial charge in [-0.25, -0.2) is 4.79 Å². The molecule has 148 valence electrons. The van der Waals surface area contributed by atoms with Gasteiger partial charge in [0.25, 0.3) is 5.91 Å². The Labute approximate surface area is 166 Å². The van der Waals surface area contributed by atoms with Gasteiger partial charge in [-0.15, -0.1) is 0 Å². The molecule has 2 aromatic rings. The summed E-state index contributed by atoms with van der Waals surface area (Å²) in [5.74, 6) is 0.314. The minimum absolute atomic E-state index is 0.358. The number of carbonyl (C=O) groups excluding carboxylic acids is 3. The first-order valence-corrected chi connectivity index (χ1v) is 9.49. The predicted octanol–water partition coefficient (Wildman–Crippen LogP) is 1.79. The molecule has 0 unspecified atom stereocenters. The van der Waals surface area contributed by atoms with Crippen LogP contribution in [0, 0.1) is 0 Å². The number of amides is 4. The molecular formula is C21H19N3O5. The smallest absolute Gasteiger partial charge is 0.325 e. The Kier molecular flexibility index (Phi) is 3.94. The van der Waals surface area contributed by atoms with Crippen LogP contribution in [0.1, 0.15) is 17.5 Å². The molecule has 1 fully saturated rings. The van der Waals surface area contributed by atoms with Gasteiger partial charge in [0.1, 0.15) is 25.3 Å². The monoisotopic (exact) mass is 393 g/mol. The van der Waals surface area contributed by atoms with E-state index in [2.05, 4.69) is 10.6 Å². The van der Waals surface area contributed by atoms with E-state index in [0.29, 0.717) is 43.2 Å². The minimum Gasteiger partial charge on any atom is -0.486 e. The van der Waals surface area contributed by atoms with Crippen LogP contribution in [-0.4, -0.2) is 42.5 Å². The molecule has 1 atom stereocenters. The van der Waals surface area contributed by atoms with E-state index in [1.165, 1.54) is 0 Å². The highest BCUT2D eigenvalue weighted by molar-refractivity contribution is 6.11. The molecule has 2 aromatic carbocycles. The largest absolute Gasteiger partial charge is 0.486 e. The number of benzene rings is 2. The van der Waals surface area contributed by atoms with Gasteiger partial charge in [0.2, 0.25) is 5.91 Å². The molecule has 29 heavy (non-hydrogen) atoms. The Morgan fingerprint density at radius 1 is 1.10 bits per heavy atom. The first-order valence-electron chi connectivity index (χ1n) is 9.49. The summed E-state index contributed by atoms with van der Waals surface area (Å²) < 4.78 is 11.0. The molecule has 5 rings (SSSR count). The van der Waals surface area contributed by atoms with Crippen molar-refractivity contribution in [3.63, 3.8) is 0 Å². The highest BCUT2D eigenvalue weighted by atomic mass is 16.6. The van der Waals surface area contributed by atoms with Crippen molar-refractivity contribution in [1.29, 1.82) is 0 Å². The van der Waals surface area contributed by atoms with Crippen molar-refractivity contribution in [3.8, 4) is 11.5 Å². The van der Waals surface area contributed by atoms with Gasteiger partial charge in [-0.2, -0.15) is 0 Å². The lowest BCUT2D eigenvalue weighted by molar-refractivity contribution is -0.134. The summed E-state index contributed by atoms with van der Waals surface area (Å²) >= 11 is 0. The zero-order chi connectivity index (χ0) is 20.0. The molecule has 1 spiro atoms. The molecule has 2 aliphatic heterocycles. The van der Waals surface area contributed by atoms with Gasteiger partial charge < -0.3 is 20.1 Å². The normalized spacial score (nSPS) is 21.9. The van der Waals surface area contributed by atoms with Gasteiger partial charge >= 0.3 is 6.03 Å². The fourth-order valence-corrected chi connectivity index (χ4v) is 4.20. The van der Waals surface area contributed by atoms with E-state index in [1.807, 2.05) is 24.3 Å². The second-order valence-corrected chi connectivity index (χ2v) is 7.29. The van der Waals surface area contributed by atoms with E-state index in [0.717, 1.165) is 16.0 Å². The number of anilines is 1. The first-order chi connectivity index (χ1) is 14.1. The van der Waals surface area contributed by atoms with Crippen LogP contribution in [0.5, 0.6) is 11.5 Å². The third-order valence-corrected chi connectivity index (χ3v) is 5.55. The first kappa shape index (κ1) is 17.5. The van der Waals surface area contributed by atoms with Gasteiger partial charge in [-0.1, -0.05) is 24.3 Å². The number of aryl methyl sites for hydroxylation is 1. The van der Waals surface area contributed by atoms with E-state index in [1.54, 1.807) is 18.2 Å². The molecule has 2 N–H and O–H groups in total. The molecule has 8 heteroatoms. The van der Waals surface area contributed by atoms with Crippen LogP contribution in [0.4, 0.5) is 10.5 Å². The summed E-state index contributed by atoms with van der Waals surface area (Å²) in [7, 11) is 0. The lowest BCUT2D eigenvalue weighted by atomic mass is 9.92. The number of hydrogen-bond donors (Lipinski definition) is 2. The van der Waals surface area contributed by atoms with Crippen molar-refractivity contribution in [2.24, 2.45) is 0 Å². The van der Waals surface area contributed by atoms with Gasteiger partial charge in [-0.05, 0) is 36.1 Å². The Hall–Kier alpha value is -3.55. The molecule has 1 saturated heterocycles. The molecule has 0 bridgehead atoms. The maximum Gasteiger partial charge on any atom is 0.325 e. The van der Waals surface area contributed by atoms with Crippen LogP contribution >= 0.6 is 0 Å². The van der Waals surface area contributed by atoms with Gasteiger partial charge in [0, 0.05) is 11.8 Å². The minimum atomic E-state index is -1.06. The fourth-order valence-electron chi connectivity index (χ4n) is 4.20. The van der Waals surface area contributed by atoms with Gasteiger partial charge in [-0.3, -0.25) is 14.5 Å². The fraction of sp³-hybridized carbons (Fsp3) is 0.286. The molecule has 0 saturated carbocycles. The number of urea groups is 1. The van der Waals surface area contributed by atoms with Crippen LogP contribution in [0.3, 0.4) is 0 Å². The van der Waals surface area contributed by atoms with Crippen molar-refractivity contribution >= 4 is 23.5 Å². The average molecular weight is 393 g/mol. The zero-order valence-corrected chi connectivity index (χ0v) is 15.6.